The number of fused-ring (bicyclic) bond motifs is 1. The molecule has 0 radical (unpaired) electrons. The number of nitrogens with zero attached hydrogens (tertiary/aromatic N) is 4. The van der Waals surface area contributed by atoms with Crippen molar-refractivity contribution in [2.24, 2.45) is 0 Å². The van der Waals surface area contributed by atoms with Gasteiger partial charge in [-0.25, -0.2) is 4.31 Å². The van der Waals surface area contributed by atoms with Crippen molar-refractivity contribution in [1.82, 2.24) is 24.9 Å². The topological polar surface area (TPSA) is 104 Å². The van der Waals surface area contributed by atoms with Gasteiger partial charge in [0.05, 0.1) is 4.88 Å². The summed E-state index contributed by atoms with van der Waals surface area (Å²) in [5.41, 5.74) is 0. The number of likely N-dealkylation sites (N-methyl/N-ethyl adjacent to an activating group) is 1. The van der Waals surface area contributed by atoms with E-state index in [1.807, 2.05) is 11.4 Å². The smallest absolute Gasteiger partial charge is 0.269 e. The number of hydrogen-bond acceptors (Lipinski definition) is 8. The zero-order valence-electron chi connectivity index (χ0n) is 9.65. The Labute approximate surface area is 115 Å². The predicted molar refractivity (Wildman–Crippen MR) is 68.9 cm³/mol. The van der Waals surface area contributed by atoms with Crippen molar-refractivity contribution >= 4 is 40.9 Å². The standard InChI is InChI=1S/C9H8N6O2S2/c1-15-5(8(17)10-9-11-13-14-12-9)6(16)7-4(19-15)2-3-18-7/h2-3,5H,1H3,(H2,10,11,12,13,14,17). The van der Waals surface area contributed by atoms with Crippen molar-refractivity contribution in [3.63, 3.8) is 0 Å². The van der Waals surface area contributed by atoms with Crippen molar-refractivity contribution in [3.05, 3.63) is 16.3 Å². The molecule has 2 aromatic heterocycles. The van der Waals surface area contributed by atoms with Crippen LogP contribution in [0.15, 0.2) is 16.3 Å². The molecule has 2 N–H and O–H groups in total. The molecule has 1 aliphatic heterocycles. The Balaban J connectivity index is 1.84. The lowest BCUT2D eigenvalue weighted by atomic mass is 10.1. The average molecular weight is 296 g/mol. The number of aromatic amines is 1. The monoisotopic (exact) mass is 296 g/mol. The molecular formula is C9H8N6O2S2. The van der Waals surface area contributed by atoms with Crippen LogP contribution in [0.5, 0.6) is 0 Å². The number of ketones is 1. The zero-order chi connectivity index (χ0) is 13.4. The molecule has 0 fully saturated rings. The molecule has 3 heterocycles. The van der Waals surface area contributed by atoms with Gasteiger partial charge in [0.15, 0.2) is 6.04 Å². The summed E-state index contributed by atoms with van der Waals surface area (Å²) in [4.78, 5) is 25.9. The van der Waals surface area contributed by atoms with Crippen LogP contribution >= 0.6 is 23.3 Å². The number of H-pyrrole nitrogens is 1. The number of carbonyl (C=O) groups excluding carboxylic acids is 2. The third kappa shape index (κ3) is 2.13. The van der Waals surface area contributed by atoms with E-state index in [2.05, 4.69) is 25.9 Å². The van der Waals surface area contributed by atoms with Crippen molar-refractivity contribution in [2.45, 2.75) is 10.9 Å². The first-order valence-corrected chi connectivity index (χ1v) is 6.89. The highest BCUT2D eigenvalue weighted by Gasteiger charge is 2.38. The molecule has 3 rings (SSSR count). The maximum atomic E-state index is 12.3. The maximum absolute atomic E-state index is 12.3. The third-order valence-corrected chi connectivity index (χ3v) is 4.63. The number of carbonyl (C=O) groups is 2. The highest BCUT2D eigenvalue weighted by Crippen LogP contribution is 2.37. The lowest BCUT2D eigenvalue weighted by Gasteiger charge is -2.28. The number of Topliss-reactive ketones (excluding diaryl/α,β-unsaturated/α-hetero) is 1. The number of nitrogens with one attached hydrogen (secondary N) is 2. The lowest BCUT2D eigenvalue weighted by Crippen LogP contribution is -2.46. The Morgan fingerprint density at radius 3 is 3.16 bits per heavy atom. The number of rotatable bonds is 2. The molecule has 1 amide bonds. The first-order valence-electron chi connectivity index (χ1n) is 5.23. The summed E-state index contributed by atoms with van der Waals surface area (Å²) >= 11 is 2.71. The molecule has 0 aromatic carbocycles. The van der Waals surface area contributed by atoms with Crippen molar-refractivity contribution in [3.8, 4) is 0 Å². The summed E-state index contributed by atoms with van der Waals surface area (Å²) in [7, 11) is 1.70. The van der Waals surface area contributed by atoms with Crippen LogP contribution < -0.4 is 5.32 Å². The molecule has 0 saturated carbocycles. The molecule has 98 valence electrons. The largest absolute Gasteiger partial charge is 0.291 e. The molecule has 19 heavy (non-hydrogen) atoms. The Morgan fingerprint density at radius 2 is 2.42 bits per heavy atom. The quantitative estimate of drug-likeness (QED) is 0.610. The summed E-state index contributed by atoms with van der Waals surface area (Å²) in [6, 6.07) is 0.974. The first kappa shape index (κ1) is 12.3. The number of aromatic nitrogens is 4. The fourth-order valence-electron chi connectivity index (χ4n) is 1.72. The molecule has 10 heteroatoms. The molecule has 0 aliphatic carbocycles. The fraction of sp³-hybridized carbons (Fsp3) is 0.222. The molecule has 2 aromatic rings. The van der Waals surface area contributed by atoms with Gasteiger partial charge in [-0.05, 0) is 35.7 Å². The molecule has 1 aliphatic rings. The Bertz CT molecular complexity index is 624. The highest BCUT2D eigenvalue weighted by atomic mass is 32.2. The van der Waals surface area contributed by atoms with Crippen LogP contribution in [0.2, 0.25) is 0 Å². The third-order valence-electron chi connectivity index (χ3n) is 2.54. The molecule has 1 unspecified atom stereocenters. The fourth-order valence-corrected chi connectivity index (χ4v) is 3.74. The minimum absolute atomic E-state index is 0.0492. The van der Waals surface area contributed by atoms with E-state index in [1.165, 1.54) is 23.3 Å². The van der Waals surface area contributed by atoms with Gasteiger partial charge in [0, 0.05) is 4.90 Å². The first-order chi connectivity index (χ1) is 9.16. The van der Waals surface area contributed by atoms with Gasteiger partial charge < -0.3 is 0 Å². The van der Waals surface area contributed by atoms with E-state index in [4.69, 9.17) is 0 Å². The molecular weight excluding hydrogens is 288 g/mol. The minimum Gasteiger partial charge on any atom is -0.291 e. The molecule has 8 nitrogen and oxygen atoms in total. The van der Waals surface area contributed by atoms with E-state index in [0.717, 1.165) is 4.90 Å². The van der Waals surface area contributed by atoms with Crippen LogP contribution in [0.1, 0.15) is 9.67 Å². The second kappa shape index (κ2) is 4.72. The second-order valence-corrected chi connectivity index (χ2v) is 5.86. The van der Waals surface area contributed by atoms with Gasteiger partial charge in [0.1, 0.15) is 0 Å². The van der Waals surface area contributed by atoms with Crippen LogP contribution in [0.4, 0.5) is 5.95 Å². The minimum atomic E-state index is -0.894. The van der Waals surface area contributed by atoms with Crippen molar-refractivity contribution in [1.29, 1.82) is 0 Å². The van der Waals surface area contributed by atoms with Gasteiger partial charge in [0.25, 0.3) is 11.9 Å². The van der Waals surface area contributed by atoms with E-state index >= 15 is 0 Å². The lowest BCUT2D eigenvalue weighted by molar-refractivity contribution is -0.118. The number of anilines is 1. The SMILES string of the molecule is CN1Sc2ccsc2C(=O)C1C(=O)Nc1nn[nH]n1. The molecule has 0 saturated heterocycles. The van der Waals surface area contributed by atoms with Crippen molar-refractivity contribution < 1.29 is 9.59 Å². The van der Waals surface area contributed by atoms with E-state index in [1.54, 1.807) is 11.4 Å². The van der Waals surface area contributed by atoms with Crippen LogP contribution in [-0.4, -0.2) is 49.7 Å². The summed E-state index contributed by atoms with van der Waals surface area (Å²) in [6.07, 6.45) is 0. The van der Waals surface area contributed by atoms with Gasteiger partial charge in [-0.2, -0.15) is 5.21 Å². The van der Waals surface area contributed by atoms with E-state index in [-0.39, 0.29) is 11.7 Å². The van der Waals surface area contributed by atoms with Gasteiger partial charge >= 0.3 is 0 Å². The van der Waals surface area contributed by atoms with Gasteiger partial charge in [0.2, 0.25) is 5.78 Å². The second-order valence-electron chi connectivity index (χ2n) is 3.74. The Morgan fingerprint density at radius 1 is 1.58 bits per heavy atom. The van der Waals surface area contributed by atoms with Crippen LogP contribution in [0.3, 0.4) is 0 Å². The van der Waals surface area contributed by atoms with Crippen molar-refractivity contribution in [2.75, 3.05) is 12.4 Å². The molecule has 1 atom stereocenters. The van der Waals surface area contributed by atoms with Gasteiger partial charge in [-0.15, -0.1) is 16.4 Å². The summed E-state index contributed by atoms with van der Waals surface area (Å²) < 4.78 is 1.62. The number of thiophene rings is 1. The zero-order valence-corrected chi connectivity index (χ0v) is 11.3. The molecule has 0 bridgehead atoms. The van der Waals surface area contributed by atoms with E-state index in [0.29, 0.717) is 4.88 Å². The summed E-state index contributed by atoms with van der Waals surface area (Å²) in [5.74, 6) is -0.638. The van der Waals surface area contributed by atoms with Crippen LogP contribution in [0, 0.1) is 0 Å². The average Bonchev–Trinajstić information content (AvgIpc) is 2.99. The summed E-state index contributed by atoms with van der Waals surface area (Å²) in [5, 5.41) is 17.1. The van der Waals surface area contributed by atoms with Gasteiger partial charge in [-0.3, -0.25) is 14.9 Å². The maximum Gasteiger partial charge on any atom is 0.269 e. The normalized spacial score (nSPS) is 19.2. The number of tetrazole rings is 1. The van der Waals surface area contributed by atoms with Crippen LogP contribution in [-0.2, 0) is 4.79 Å². The Kier molecular flexibility index (Phi) is 3.05. The van der Waals surface area contributed by atoms with E-state index < -0.39 is 11.9 Å². The highest BCUT2D eigenvalue weighted by molar-refractivity contribution is 7.97. The predicted octanol–water partition coefficient (Wildman–Crippen LogP) is 0.404. The van der Waals surface area contributed by atoms with Crippen LogP contribution in [0.25, 0.3) is 0 Å². The summed E-state index contributed by atoms with van der Waals surface area (Å²) in [6.45, 7) is 0. The number of hydrogen-bond donors (Lipinski definition) is 2. The number of amides is 1. The molecule has 0 spiro atoms. The van der Waals surface area contributed by atoms with E-state index in [9.17, 15) is 9.59 Å². The Hall–Kier alpha value is -1.78. The van der Waals surface area contributed by atoms with Gasteiger partial charge in [-0.1, -0.05) is 5.10 Å².